The largest absolute Gasteiger partial charge is 0.372 e. The molecule has 1 aromatic rings. The van der Waals surface area contributed by atoms with E-state index in [0.717, 1.165) is 35.0 Å². The van der Waals surface area contributed by atoms with Crippen LogP contribution >= 0.6 is 15.9 Å². The predicted octanol–water partition coefficient (Wildman–Crippen LogP) is 4.57. The van der Waals surface area contributed by atoms with E-state index in [1.165, 1.54) is 25.0 Å². The monoisotopic (exact) mass is 342 g/mol. The molecule has 1 saturated carbocycles. The molecule has 1 aromatic heterocycles. The molecule has 0 amide bonds. The minimum Gasteiger partial charge on any atom is -0.372 e. The molecule has 114 valence electrons. The number of ether oxygens (including phenoxy) is 1. The Morgan fingerprint density at radius 2 is 1.85 bits per heavy atom. The number of nitrogens with zero attached hydrogens (tertiary/aromatic N) is 2. The maximum Gasteiger partial charge on any atom is 0.0900 e. The smallest absolute Gasteiger partial charge is 0.0900 e. The van der Waals surface area contributed by atoms with Crippen molar-refractivity contribution < 1.29 is 4.74 Å². The van der Waals surface area contributed by atoms with Gasteiger partial charge in [-0.2, -0.15) is 5.10 Å². The van der Waals surface area contributed by atoms with E-state index in [2.05, 4.69) is 53.4 Å². The highest BCUT2D eigenvalue weighted by Crippen LogP contribution is 2.31. The van der Waals surface area contributed by atoms with Gasteiger partial charge in [0.05, 0.1) is 28.6 Å². The van der Waals surface area contributed by atoms with E-state index in [9.17, 15) is 0 Å². The first-order valence-corrected chi connectivity index (χ1v) is 8.70. The van der Waals surface area contributed by atoms with Gasteiger partial charge in [-0.25, -0.2) is 0 Å². The third-order valence-electron chi connectivity index (χ3n) is 4.29. The van der Waals surface area contributed by atoms with Crippen molar-refractivity contribution in [2.24, 2.45) is 11.8 Å². The average molecular weight is 343 g/mol. The summed E-state index contributed by atoms with van der Waals surface area (Å²) in [6.45, 7) is 10.5. The summed E-state index contributed by atoms with van der Waals surface area (Å²) in [4.78, 5) is 0. The zero-order valence-electron chi connectivity index (χ0n) is 13.2. The fourth-order valence-electron chi connectivity index (χ4n) is 3.36. The highest BCUT2D eigenvalue weighted by molar-refractivity contribution is 9.10. The second kappa shape index (κ2) is 7.08. The van der Waals surface area contributed by atoms with E-state index in [-0.39, 0.29) is 0 Å². The van der Waals surface area contributed by atoms with Crippen molar-refractivity contribution in [3.8, 4) is 0 Å². The molecule has 1 aliphatic rings. The van der Waals surface area contributed by atoms with Crippen molar-refractivity contribution in [1.29, 1.82) is 0 Å². The van der Waals surface area contributed by atoms with Gasteiger partial charge >= 0.3 is 0 Å². The Balaban J connectivity index is 2.01. The third-order valence-corrected chi connectivity index (χ3v) is 5.20. The highest BCUT2D eigenvalue weighted by atomic mass is 79.9. The van der Waals surface area contributed by atoms with Gasteiger partial charge in [0.2, 0.25) is 0 Å². The molecule has 0 aliphatic heterocycles. The first kappa shape index (κ1) is 16.0. The Hall–Kier alpha value is -0.350. The second-order valence-corrected chi connectivity index (χ2v) is 7.02. The Morgan fingerprint density at radius 1 is 1.20 bits per heavy atom. The van der Waals surface area contributed by atoms with Crippen molar-refractivity contribution in [2.75, 3.05) is 0 Å². The third kappa shape index (κ3) is 3.64. The summed E-state index contributed by atoms with van der Waals surface area (Å²) in [7, 11) is 0. The van der Waals surface area contributed by atoms with Gasteiger partial charge in [-0.1, -0.05) is 20.8 Å². The van der Waals surface area contributed by atoms with Gasteiger partial charge in [0.1, 0.15) is 0 Å². The fourth-order valence-corrected chi connectivity index (χ4v) is 4.04. The maximum atomic E-state index is 6.20. The van der Waals surface area contributed by atoms with Gasteiger partial charge in [0.15, 0.2) is 0 Å². The summed E-state index contributed by atoms with van der Waals surface area (Å²) in [5.41, 5.74) is 2.33. The number of aromatic nitrogens is 2. The van der Waals surface area contributed by atoms with Crippen LogP contribution in [0.2, 0.25) is 0 Å². The summed E-state index contributed by atoms with van der Waals surface area (Å²) in [5, 5.41) is 4.63. The van der Waals surface area contributed by atoms with Crippen LogP contribution in [0, 0.1) is 11.8 Å². The lowest BCUT2D eigenvalue weighted by Gasteiger charge is -2.31. The van der Waals surface area contributed by atoms with E-state index in [1.54, 1.807) is 0 Å². The lowest BCUT2D eigenvalue weighted by atomic mass is 9.82. The Bertz CT molecular complexity index is 434. The number of rotatable bonds is 5. The summed E-state index contributed by atoms with van der Waals surface area (Å²) < 4.78 is 9.41. The van der Waals surface area contributed by atoms with Gasteiger partial charge < -0.3 is 4.74 Å². The molecule has 4 heteroatoms. The molecule has 1 heterocycles. The molecule has 1 aliphatic carbocycles. The standard InChI is InChI=1S/C16H27BrN2O/c1-5-14-16(17)15(19(6-2)18-14)10-20-13-8-11(3)7-12(4)9-13/h11-13H,5-10H2,1-4H3. The average Bonchev–Trinajstić information content (AvgIpc) is 2.71. The molecule has 0 radical (unpaired) electrons. The van der Waals surface area contributed by atoms with Crippen LogP contribution in [0.5, 0.6) is 0 Å². The summed E-state index contributed by atoms with van der Waals surface area (Å²) in [5.74, 6) is 1.57. The van der Waals surface area contributed by atoms with Crippen LogP contribution in [-0.2, 0) is 24.3 Å². The van der Waals surface area contributed by atoms with Crippen LogP contribution in [0.4, 0.5) is 0 Å². The molecule has 0 N–H and O–H groups in total. The molecular weight excluding hydrogens is 316 g/mol. The Labute approximate surface area is 131 Å². The molecule has 0 aromatic carbocycles. The summed E-state index contributed by atoms with van der Waals surface area (Å²) in [6, 6.07) is 0. The van der Waals surface area contributed by atoms with Crippen LogP contribution in [-0.4, -0.2) is 15.9 Å². The molecule has 0 saturated heterocycles. The van der Waals surface area contributed by atoms with E-state index >= 15 is 0 Å². The van der Waals surface area contributed by atoms with Gasteiger partial charge in [-0.15, -0.1) is 0 Å². The van der Waals surface area contributed by atoms with Crippen molar-refractivity contribution in [2.45, 2.75) is 72.6 Å². The Kier molecular flexibility index (Phi) is 5.67. The number of hydrogen-bond donors (Lipinski definition) is 0. The predicted molar refractivity (Wildman–Crippen MR) is 85.7 cm³/mol. The van der Waals surface area contributed by atoms with Gasteiger partial charge in [-0.05, 0) is 60.4 Å². The molecule has 2 atom stereocenters. The maximum absolute atomic E-state index is 6.20. The molecule has 2 rings (SSSR count). The zero-order chi connectivity index (χ0) is 14.7. The second-order valence-electron chi connectivity index (χ2n) is 6.23. The lowest BCUT2D eigenvalue weighted by molar-refractivity contribution is -0.0120. The van der Waals surface area contributed by atoms with E-state index < -0.39 is 0 Å². The molecule has 2 unspecified atom stereocenters. The van der Waals surface area contributed by atoms with Crippen LogP contribution < -0.4 is 0 Å². The van der Waals surface area contributed by atoms with Crippen LogP contribution in [0.15, 0.2) is 4.47 Å². The molecule has 0 spiro atoms. The van der Waals surface area contributed by atoms with E-state index in [0.29, 0.717) is 12.7 Å². The minimum absolute atomic E-state index is 0.408. The van der Waals surface area contributed by atoms with E-state index in [1.807, 2.05) is 0 Å². The topological polar surface area (TPSA) is 27.1 Å². The van der Waals surface area contributed by atoms with Gasteiger partial charge in [0, 0.05) is 6.54 Å². The van der Waals surface area contributed by atoms with Crippen LogP contribution in [0.3, 0.4) is 0 Å². The normalized spacial score (nSPS) is 26.9. The number of halogens is 1. The molecule has 1 fully saturated rings. The fraction of sp³-hybridized carbons (Fsp3) is 0.812. The highest BCUT2D eigenvalue weighted by Gasteiger charge is 2.25. The first-order valence-electron chi connectivity index (χ1n) is 7.90. The first-order chi connectivity index (χ1) is 9.55. The van der Waals surface area contributed by atoms with E-state index in [4.69, 9.17) is 4.74 Å². The van der Waals surface area contributed by atoms with Crippen LogP contribution in [0.25, 0.3) is 0 Å². The van der Waals surface area contributed by atoms with Crippen molar-refractivity contribution in [1.82, 2.24) is 9.78 Å². The molecule has 20 heavy (non-hydrogen) atoms. The van der Waals surface area contributed by atoms with Gasteiger partial charge in [0.25, 0.3) is 0 Å². The van der Waals surface area contributed by atoms with Crippen molar-refractivity contribution in [3.05, 3.63) is 15.9 Å². The zero-order valence-corrected chi connectivity index (χ0v) is 14.7. The molecular formula is C16H27BrN2O. The number of hydrogen-bond acceptors (Lipinski definition) is 2. The number of aryl methyl sites for hydroxylation is 2. The van der Waals surface area contributed by atoms with Gasteiger partial charge in [-0.3, -0.25) is 4.68 Å². The Morgan fingerprint density at radius 3 is 2.40 bits per heavy atom. The lowest BCUT2D eigenvalue weighted by Crippen LogP contribution is -2.26. The van der Waals surface area contributed by atoms with Crippen LogP contribution in [0.1, 0.15) is 58.3 Å². The summed E-state index contributed by atoms with van der Waals surface area (Å²) >= 11 is 3.69. The molecule has 3 nitrogen and oxygen atoms in total. The summed E-state index contributed by atoms with van der Waals surface area (Å²) in [6.07, 6.45) is 5.10. The molecule has 0 bridgehead atoms. The van der Waals surface area contributed by atoms with Crippen molar-refractivity contribution >= 4 is 15.9 Å². The SMILES string of the molecule is CCc1nn(CC)c(COC2CC(C)CC(C)C2)c1Br. The minimum atomic E-state index is 0.408. The van der Waals surface area contributed by atoms with Crippen molar-refractivity contribution in [3.63, 3.8) is 0 Å². The quantitative estimate of drug-likeness (QED) is 0.783.